The highest BCUT2D eigenvalue weighted by Crippen LogP contribution is 2.11. The second-order valence-corrected chi connectivity index (χ2v) is 4.24. The lowest BCUT2D eigenvalue weighted by Gasteiger charge is -2.19. The van der Waals surface area contributed by atoms with E-state index < -0.39 is 0 Å². The first-order chi connectivity index (χ1) is 8.81. The fraction of sp³-hybridized carbons (Fsp3) is 0.286. The summed E-state index contributed by atoms with van der Waals surface area (Å²) in [5.41, 5.74) is 1.84. The van der Waals surface area contributed by atoms with E-state index in [-0.39, 0.29) is 0 Å². The number of anilines is 1. The third-order valence-electron chi connectivity index (χ3n) is 2.95. The van der Waals surface area contributed by atoms with Crippen molar-refractivity contribution in [2.45, 2.75) is 13.0 Å². The number of carbonyl (C=O) groups is 1. The summed E-state index contributed by atoms with van der Waals surface area (Å²) in [5, 5.41) is 0. The van der Waals surface area contributed by atoms with E-state index in [2.05, 4.69) is 29.1 Å². The van der Waals surface area contributed by atoms with Crippen molar-refractivity contribution < 1.29 is 4.79 Å². The Morgan fingerprint density at radius 1 is 1.33 bits per heavy atom. The molecule has 1 heterocycles. The summed E-state index contributed by atoms with van der Waals surface area (Å²) >= 11 is 0. The van der Waals surface area contributed by atoms with E-state index in [1.165, 1.54) is 5.69 Å². The Kier molecular flexibility index (Phi) is 4.12. The third-order valence-corrected chi connectivity index (χ3v) is 2.95. The molecule has 0 fully saturated rings. The molecule has 4 nitrogen and oxygen atoms in total. The molecule has 94 valence electrons. The third kappa shape index (κ3) is 2.97. The molecule has 1 aromatic heterocycles. The molecule has 0 aliphatic rings. The second-order valence-electron chi connectivity index (χ2n) is 4.24. The molecule has 0 N–H and O–H groups in total. The van der Waals surface area contributed by atoms with Crippen LogP contribution in [0.1, 0.15) is 16.9 Å². The van der Waals surface area contributed by atoms with Gasteiger partial charge in [0.05, 0.1) is 12.5 Å². The fourth-order valence-electron chi connectivity index (χ4n) is 1.91. The minimum absolute atomic E-state index is 0.636. The molecular formula is C14H17N3O. The molecule has 2 aromatic rings. The van der Waals surface area contributed by atoms with Crippen molar-refractivity contribution in [2.24, 2.45) is 0 Å². The number of aryl methyl sites for hydroxylation is 1. The topological polar surface area (TPSA) is 38.1 Å². The molecule has 0 radical (unpaired) electrons. The number of rotatable bonds is 6. The van der Waals surface area contributed by atoms with E-state index >= 15 is 0 Å². The van der Waals surface area contributed by atoms with Crippen LogP contribution in [0.3, 0.4) is 0 Å². The molecule has 0 saturated heterocycles. The van der Waals surface area contributed by atoms with Crippen molar-refractivity contribution in [1.82, 2.24) is 9.55 Å². The van der Waals surface area contributed by atoms with Crippen LogP contribution in [-0.2, 0) is 6.54 Å². The zero-order valence-electron chi connectivity index (χ0n) is 10.5. The largest absolute Gasteiger partial charge is 0.375 e. The quantitative estimate of drug-likeness (QED) is 0.730. The first-order valence-corrected chi connectivity index (χ1v) is 6.03. The molecule has 4 heteroatoms. The van der Waals surface area contributed by atoms with Gasteiger partial charge < -0.3 is 9.47 Å². The molecule has 0 aliphatic heterocycles. The van der Waals surface area contributed by atoms with Gasteiger partial charge >= 0.3 is 0 Å². The molecule has 0 spiro atoms. The highest BCUT2D eigenvalue weighted by Gasteiger charge is 2.02. The van der Waals surface area contributed by atoms with Crippen molar-refractivity contribution in [2.75, 3.05) is 18.5 Å². The van der Waals surface area contributed by atoms with Gasteiger partial charge in [-0.05, 0) is 18.6 Å². The molecule has 0 bridgehead atoms. The molecule has 18 heavy (non-hydrogen) atoms. The summed E-state index contributed by atoms with van der Waals surface area (Å²) in [5.74, 6) is 0. The Balaban J connectivity index is 1.84. The summed E-state index contributed by atoms with van der Waals surface area (Å²) in [6, 6.07) is 10.3. The van der Waals surface area contributed by atoms with Crippen LogP contribution in [0.25, 0.3) is 0 Å². The average Bonchev–Trinajstić information content (AvgIpc) is 2.87. The van der Waals surface area contributed by atoms with Crippen molar-refractivity contribution >= 4 is 12.0 Å². The van der Waals surface area contributed by atoms with Gasteiger partial charge in [0.25, 0.3) is 0 Å². The van der Waals surface area contributed by atoms with Gasteiger partial charge in [0, 0.05) is 25.8 Å². The lowest BCUT2D eigenvalue weighted by Crippen LogP contribution is -2.19. The van der Waals surface area contributed by atoms with E-state index in [4.69, 9.17) is 0 Å². The summed E-state index contributed by atoms with van der Waals surface area (Å²) in [7, 11) is 2.07. The van der Waals surface area contributed by atoms with Crippen LogP contribution in [0.15, 0.2) is 42.9 Å². The van der Waals surface area contributed by atoms with Crippen LogP contribution in [-0.4, -0.2) is 29.4 Å². The van der Waals surface area contributed by atoms with Gasteiger partial charge in [0.2, 0.25) is 0 Å². The van der Waals surface area contributed by atoms with Crippen LogP contribution < -0.4 is 4.90 Å². The number of imidazole rings is 1. The van der Waals surface area contributed by atoms with Crippen molar-refractivity contribution in [3.63, 3.8) is 0 Å². The Bertz CT molecular complexity index is 493. The van der Waals surface area contributed by atoms with E-state index in [9.17, 15) is 4.79 Å². The minimum Gasteiger partial charge on any atom is -0.375 e. The van der Waals surface area contributed by atoms with E-state index in [0.29, 0.717) is 5.69 Å². The Labute approximate surface area is 107 Å². The lowest BCUT2D eigenvalue weighted by atomic mass is 10.3. The van der Waals surface area contributed by atoms with E-state index in [1.807, 2.05) is 22.8 Å². The minimum atomic E-state index is 0.636. The van der Waals surface area contributed by atoms with Crippen LogP contribution in [0, 0.1) is 0 Å². The smallest absolute Gasteiger partial charge is 0.168 e. The monoisotopic (exact) mass is 243 g/mol. The molecule has 0 aliphatic carbocycles. The van der Waals surface area contributed by atoms with Gasteiger partial charge in [0.15, 0.2) is 6.29 Å². The fourth-order valence-corrected chi connectivity index (χ4v) is 1.91. The van der Waals surface area contributed by atoms with Gasteiger partial charge in [-0.15, -0.1) is 0 Å². The maximum absolute atomic E-state index is 10.7. The normalized spacial score (nSPS) is 10.3. The zero-order valence-corrected chi connectivity index (χ0v) is 10.5. The predicted octanol–water partition coefficient (Wildman–Crippen LogP) is 2.22. The van der Waals surface area contributed by atoms with Gasteiger partial charge in [-0.1, -0.05) is 18.2 Å². The molecule has 0 unspecified atom stereocenters. The van der Waals surface area contributed by atoms with Gasteiger partial charge in [0.1, 0.15) is 5.69 Å². The zero-order chi connectivity index (χ0) is 12.8. The number of hydrogen-bond donors (Lipinski definition) is 0. The SMILES string of the molecule is CN(CCCn1cncc1C=O)c1ccccc1. The Hall–Kier alpha value is -2.10. The first-order valence-electron chi connectivity index (χ1n) is 6.03. The van der Waals surface area contributed by atoms with Crippen LogP contribution in [0.4, 0.5) is 5.69 Å². The number of carbonyl (C=O) groups excluding carboxylic acids is 1. The van der Waals surface area contributed by atoms with Crippen molar-refractivity contribution in [1.29, 1.82) is 0 Å². The van der Waals surface area contributed by atoms with Gasteiger partial charge in [-0.2, -0.15) is 0 Å². The molecule has 1 aromatic carbocycles. The molecule has 0 atom stereocenters. The molecule has 2 rings (SSSR count). The van der Waals surface area contributed by atoms with Crippen LogP contribution in [0.5, 0.6) is 0 Å². The Morgan fingerprint density at radius 3 is 2.83 bits per heavy atom. The van der Waals surface area contributed by atoms with Gasteiger partial charge in [-0.3, -0.25) is 4.79 Å². The number of aromatic nitrogens is 2. The highest BCUT2D eigenvalue weighted by atomic mass is 16.1. The standard InChI is InChI=1S/C14H17N3O/c1-16(13-6-3-2-4-7-13)8-5-9-17-12-15-10-14(17)11-18/h2-4,6-7,10-12H,5,8-9H2,1H3. The first kappa shape index (κ1) is 12.4. The summed E-state index contributed by atoms with van der Waals surface area (Å²) < 4.78 is 1.88. The highest BCUT2D eigenvalue weighted by molar-refractivity contribution is 5.71. The van der Waals surface area contributed by atoms with Crippen LogP contribution >= 0.6 is 0 Å². The van der Waals surface area contributed by atoms with Crippen LogP contribution in [0.2, 0.25) is 0 Å². The second kappa shape index (κ2) is 6.00. The van der Waals surface area contributed by atoms with Gasteiger partial charge in [-0.25, -0.2) is 4.98 Å². The Morgan fingerprint density at radius 2 is 2.11 bits per heavy atom. The number of hydrogen-bond acceptors (Lipinski definition) is 3. The lowest BCUT2D eigenvalue weighted by molar-refractivity contribution is 0.111. The summed E-state index contributed by atoms with van der Waals surface area (Å²) in [6.07, 6.45) is 5.11. The van der Waals surface area contributed by atoms with Crippen molar-refractivity contribution in [3.05, 3.63) is 48.5 Å². The summed E-state index contributed by atoms with van der Waals surface area (Å²) in [6.45, 7) is 1.76. The molecular weight excluding hydrogens is 226 g/mol. The predicted molar refractivity (Wildman–Crippen MR) is 71.9 cm³/mol. The number of aldehydes is 1. The maximum Gasteiger partial charge on any atom is 0.168 e. The van der Waals surface area contributed by atoms with E-state index in [0.717, 1.165) is 25.8 Å². The summed E-state index contributed by atoms with van der Waals surface area (Å²) in [4.78, 5) is 16.9. The number of benzene rings is 1. The molecule has 0 amide bonds. The number of nitrogens with zero attached hydrogens (tertiary/aromatic N) is 3. The number of para-hydroxylation sites is 1. The van der Waals surface area contributed by atoms with E-state index in [1.54, 1.807) is 12.5 Å². The molecule has 0 saturated carbocycles. The maximum atomic E-state index is 10.7. The average molecular weight is 243 g/mol. The van der Waals surface area contributed by atoms with Crippen molar-refractivity contribution in [3.8, 4) is 0 Å².